The maximum Gasteiger partial charge on any atom is 1.00 e. The van der Waals surface area contributed by atoms with Gasteiger partial charge in [-0.1, -0.05) is 12.2 Å². The molecule has 4 N–H and O–H groups in total. The van der Waals surface area contributed by atoms with Crippen LogP contribution in [0.25, 0.3) is 5.41 Å². The second kappa shape index (κ2) is 25.2. The van der Waals surface area contributed by atoms with Crippen molar-refractivity contribution in [1.29, 1.82) is 0 Å². The molecule has 0 amide bonds. The zero-order chi connectivity index (χ0) is 6.28. The van der Waals surface area contributed by atoms with Crippen molar-refractivity contribution in [3.63, 3.8) is 0 Å². The molecule has 0 aromatic carbocycles. The molecule has 0 unspecified atom stereocenters. The molecule has 0 aliphatic heterocycles. The molecule has 6 nitrogen and oxygen atoms in total. The van der Waals surface area contributed by atoms with Crippen molar-refractivity contribution in [2.24, 2.45) is 0 Å². The zero-order valence-corrected chi connectivity index (χ0v) is 6.63. The first kappa shape index (κ1) is 23.4. The summed E-state index contributed by atoms with van der Waals surface area (Å²) in [5.74, 6) is 0. The number of nitrogens with zero attached hydrogens (tertiary/aromatic N) is 2. The van der Waals surface area contributed by atoms with Gasteiger partial charge >= 0.3 is 22.4 Å². The second-order valence-electron chi connectivity index (χ2n) is 0.315. The van der Waals surface area contributed by atoms with Crippen molar-refractivity contribution in [3.05, 3.63) is 20.7 Å². The van der Waals surface area contributed by atoms with Gasteiger partial charge in [0.15, 0.2) is 0 Å². The summed E-state index contributed by atoms with van der Waals surface area (Å²) in [6, 6.07) is 0. The second-order valence-corrected chi connectivity index (χ2v) is 0.497. The molecule has 0 spiro atoms. The number of rotatable bonds is 0. The van der Waals surface area contributed by atoms with Gasteiger partial charge in [-0.15, -0.1) is 0 Å². The quantitative estimate of drug-likeness (QED) is 0.223. The maximum absolute atomic E-state index is 8.25. The summed E-state index contributed by atoms with van der Waals surface area (Å²) in [5, 5.41) is 23.2. The summed E-state index contributed by atoms with van der Waals surface area (Å²) in [4.78, 5) is 8.25. The minimum atomic E-state index is -1.75. The summed E-state index contributed by atoms with van der Waals surface area (Å²) >= 11 is 3.70. The van der Waals surface area contributed by atoms with Crippen molar-refractivity contribution >= 4 is 17.4 Å². The molecule has 0 atom stereocenters. The smallest absolute Gasteiger partial charge is 0.753 e. The fourth-order valence-corrected chi connectivity index (χ4v) is 0. The van der Waals surface area contributed by atoms with Crippen molar-refractivity contribution in [2.45, 2.75) is 0 Å². The molecule has 0 heterocycles. The van der Waals surface area contributed by atoms with Crippen molar-refractivity contribution in [1.82, 2.24) is 6.15 Å². The first-order valence-electron chi connectivity index (χ1n) is 0.975. The molecule has 58 valence electrons. The van der Waals surface area contributed by atoms with E-state index in [0.717, 1.165) is 0 Å². The predicted octanol–water partition coefficient (Wildman–Crippen LogP) is 0.793. The van der Waals surface area contributed by atoms with Gasteiger partial charge in [-0.3, -0.25) is 0 Å². The third kappa shape index (κ3) is 2780. The first-order valence-corrected chi connectivity index (χ1v) is 1.38. The number of hydrogen-bond acceptors (Lipinski definition) is 4. The molecule has 8 heteroatoms. The number of quaternary nitrogens is 1. The van der Waals surface area contributed by atoms with Gasteiger partial charge in [-0.05, 0) is 0 Å². The summed E-state index contributed by atoms with van der Waals surface area (Å²) in [5.41, 5.74) is 0. The van der Waals surface area contributed by atoms with E-state index in [4.69, 9.17) is 20.7 Å². The average molecular weight is 246 g/mol. The van der Waals surface area contributed by atoms with Crippen LogP contribution in [0.1, 0.15) is 0 Å². The Labute approximate surface area is 72.0 Å². The molecule has 0 saturated heterocycles. The molecule has 0 aromatic rings. The van der Waals surface area contributed by atoms with Gasteiger partial charge in [-0.2, -0.15) is 5.16 Å². The first-order chi connectivity index (χ1) is 3.15. The van der Waals surface area contributed by atoms with Crippen LogP contribution in [0.5, 0.6) is 0 Å². The van der Waals surface area contributed by atoms with Crippen molar-refractivity contribution in [2.75, 3.05) is 0 Å². The number of hydrogen-bond donors (Lipinski definition) is 1. The van der Waals surface area contributed by atoms with Crippen molar-refractivity contribution in [3.8, 4) is 0 Å². The zero-order valence-electron chi connectivity index (χ0n) is 4.33. The van der Waals surface area contributed by atoms with Gasteiger partial charge in [-0.25, -0.2) is 0 Å². The minimum Gasteiger partial charge on any atom is -0.753 e. The van der Waals surface area contributed by atoms with E-state index in [0.29, 0.717) is 0 Å². The Bertz CT molecular complexity index is 87.1. The fraction of sp³-hybridized carbons (Fsp3) is 0. The van der Waals surface area contributed by atoms with Crippen LogP contribution in [-0.2, 0) is 22.4 Å². The van der Waals surface area contributed by atoms with Crippen LogP contribution >= 0.6 is 12.2 Å². The molecule has 0 bridgehead atoms. The topological polar surface area (TPSA) is 125 Å². The average Bonchev–Trinajstić information content (AvgIpc) is 1.33. The van der Waals surface area contributed by atoms with Gasteiger partial charge in [0.1, 0.15) is 0 Å². The molecule has 0 aromatic heterocycles. The van der Waals surface area contributed by atoms with Gasteiger partial charge in [0.05, 0.1) is 5.09 Å². The predicted molar refractivity (Wildman–Crippen MR) is 32.3 cm³/mol. The number of isothiocyanates is 1. The molecular weight excluding hydrogens is 242 g/mol. The Balaban J connectivity index is -0.0000000233. The fourth-order valence-electron chi connectivity index (χ4n) is 0. The van der Waals surface area contributed by atoms with E-state index in [1.54, 1.807) is 0 Å². The van der Waals surface area contributed by atoms with Gasteiger partial charge in [0.25, 0.3) is 0 Å². The van der Waals surface area contributed by atoms with E-state index in [-0.39, 0.29) is 28.5 Å². The van der Waals surface area contributed by atoms with Crippen LogP contribution in [0.4, 0.5) is 0 Å². The molecule has 0 saturated carbocycles. The van der Waals surface area contributed by atoms with Crippen molar-refractivity contribution < 1.29 is 27.5 Å². The summed E-state index contributed by atoms with van der Waals surface area (Å²) < 4.78 is 0. The minimum absolute atomic E-state index is 0. The van der Waals surface area contributed by atoms with E-state index in [2.05, 4.69) is 12.2 Å². The molecule has 0 rings (SSSR count). The molecule has 9 heavy (non-hydrogen) atoms. The summed E-state index contributed by atoms with van der Waals surface area (Å²) in [7, 11) is 0. The van der Waals surface area contributed by atoms with Gasteiger partial charge in [0, 0.05) is 0 Å². The molecule has 0 aliphatic carbocycles. The van der Waals surface area contributed by atoms with E-state index in [9.17, 15) is 0 Å². The van der Waals surface area contributed by atoms with Crippen LogP contribution in [0, 0.1) is 15.3 Å². The molecule has 0 aliphatic rings. The Morgan fingerprint density at radius 1 is 1.56 bits per heavy atom. The van der Waals surface area contributed by atoms with Crippen LogP contribution in [0.2, 0.25) is 0 Å². The van der Waals surface area contributed by atoms with Crippen LogP contribution in [0.15, 0.2) is 0 Å². The third-order valence-corrected chi connectivity index (χ3v) is 0. The Morgan fingerprint density at radius 3 is 1.56 bits per heavy atom. The monoisotopic (exact) mass is 245 g/mol. The van der Waals surface area contributed by atoms with Crippen LogP contribution in [-0.4, -0.2) is 10.2 Å². The molecule has 0 fully saturated rings. The largest absolute Gasteiger partial charge is 1.00 e. The Morgan fingerprint density at radius 2 is 1.56 bits per heavy atom. The van der Waals surface area contributed by atoms with E-state index in [1.165, 1.54) is 5.16 Å². The summed E-state index contributed by atoms with van der Waals surface area (Å²) in [6.45, 7) is 0. The summed E-state index contributed by atoms with van der Waals surface area (Å²) in [6.07, 6.45) is 0. The van der Waals surface area contributed by atoms with E-state index in [1.807, 2.05) is 0 Å². The van der Waals surface area contributed by atoms with Crippen LogP contribution < -0.4 is 6.15 Å². The normalized spacial score (nSPS) is 3.56. The Hall–Kier alpha value is -0.300. The van der Waals surface area contributed by atoms with Gasteiger partial charge in [0.2, 0.25) is 0 Å². The standard InChI is InChI=1S/CNS.Ag.NO3.H3N/c2-1-3;;2-1(3)4;/h;;;1H3/q-1;+1;-1;/p+1. The van der Waals surface area contributed by atoms with Crippen LogP contribution in [0.3, 0.4) is 0 Å². The van der Waals surface area contributed by atoms with Gasteiger partial charge < -0.3 is 26.9 Å². The Kier molecular flexibility index (Phi) is 65.5. The molecule has 0 radical (unpaired) electrons. The number of thiocarbonyl (C=S) groups is 1. The maximum atomic E-state index is 8.25. The van der Waals surface area contributed by atoms with E-state index >= 15 is 0 Å². The third-order valence-electron chi connectivity index (χ3n) is 0. The van der Waals surface area contributed by atoms with E-state index < -0.39 is 5.09 Å². The SMILES string of the molecule is O=[N+]([O-])[O-].[Ag+].[N-]=C=S.[NH4+]. The molecular formula is CH4AgN3O3S.